The second-order valence-corrected chi connectivity index (χ2v) is 19.2. The third kappa shape index (κ3) is 7.37. The van der Waals surface area contributed by atoms with Gasteiger partial charge in [0.1, 0.15) is 11.3 Å². The number of fused-ring (bicyclic) bond motifs is 1. The van der Waals surface area contributed by atoms with Gasteiger partial charge in [0.15, 0.2) is 11.6 Å². The van der Waals surface area contributed by atoms with Gasteiger partial charge in [-0.2, -0.15) is 0 Å². The number of ether oxygens (including phenoxy) is 5. The van der Waals surface area contributed by atoms with Gasteiger partial charge in [-0.1, -0.05) is 67.4 Å². The predicted octanol–water partition coefficient (Wildman–Crippen LogP) is 4.93. The number of Topliss-reactive ketones (excluding diaryl/α,β-unsaturated/α-hetero) is 1. The molecule has 12 nitrogen and oxygen atoms in total. The molecule has 5 fully saturated rings. The highest BCUT2D eigenvalue weighted by atomic mass is 16.8. The Balaban J connectivity index is 1.20. The molecule has 2 unspecified atom stereocenters. The Morgan fingerprint density at radius 1 is 0.982 bits per heavy atom. The summed E-state index contributed by atoms with van der Waals surface area (Å²) in [6.45, 7) is 20.5. The van der Waals surface area contributed by atoms with E-state index in [4.69, 9.17) is 36.0 Å². The minimum Gasteiger partial charge on any atom is -0.392 e. The Bertz CT molecular complexity index is 1560. The number of nitrogens with two attached hydrogens (primary N) is 1. The topological polar surface area (TPSA) is 171 Å². The lowest BCUT2D eigenvalue weighted by Crippen LogP contribution is -2.62. The molecule has 12 heteroatoms. The zero-order chi connectivity index (χ0) is 41.9. The van der Waals surface area contributed by atoms with Crippen molar-refractivity contribution in [3.63, 3.8) is 0 Å². The van der Waals surface area contributed by atoms with E-state index in [0.717, 1.165) is 19.3 Å². The van der Waals surface area contributed by atoms with Crippen molar-refractivity contribution in [2.45, 2.75) is 192 Å². The van der Waals surface area contributed by atoms with Crippen LogP contribution in [0.15, 0.2) is 12.2 Å². The van der Waals surface area contributed by atoms with E-state index in [1.54, 1.807) is 0 Å². The lowest BCUT2D eigenvalue weighted by molar-refractivity contribution is -0.376. The van der Waals surface area contributed by atoms with Crippen molar-refractivity contribution in [1.29, 1.82) is 0 Å². The highest BCUT2D eigenvalue weighted by Crippen LogP contribution is 2.72. The van der Waals surface area contributed by atoms with E-state index in [1.165, 1.54) is 0 Å². The maximum absolute atomic E-state index is 14.6. The Morgan fingerprint density at radius 3 is 2.30 bits per heavy atom. The molecule has 1 saturated carbocycles. The van der Waals surface area contributed by atoms with Crippen LogP contribution in [0.2, 0.25) is 0 Å². The molecule has 1 amide bonds. The third-order valence-electron chi connectivity index (χ3n) is 15.8. The Labute approximate surface area is 341 Å². The van der Waals surface area contributed by atoms with Crippen LogP contribution in [0.5, 0.6) is 0 Å². The molecule has 6 aliphatic rings. The molecule has 4 saturated heterocycles. The second kappa shape index (κ2) is 16.5. The van der Waals surface area contributed by atoms with E-state index in [1.807, 2.05) is 47.6 Å². The summed E-state index contributed by atoms with van der Waals surface area (Å²) in [4.78, 5) is 27.2. The van der Waals surface area contributed by atoms with Gasteiger partial charge in [0.05, 0.1) is 60.3 Å². The molecule has 322 valence electrons. The normalized spacial score (nSPS) is 46.5. The van der Waals surface area contributed by atoms with Crippen LogP contribution in [0.4, 0.5) is 0 Å². The van der Waals surface area contributed by atoms with E-state index < -0.39 is 52.4 Å². The number of hydrogen-bond acceptors (Lipinski definition) is 11. The van der Waals surface area contributed by atoms with Crippen molar-refractivity contribution >= 4 is 11.7 Å². The number of carbonyl (C=O) groups excluding carboxylic acids is 2. The molecule has 2 spiro atoms. The Morgan fingerprint density at radius 2 is 1.68 bits per heavy atom. The lowest BCUT2D eigenvalue weighted by Gasteiger charge is -2.53. The fourth-order valence-electron chi connectivity index (χ4n) is 11.8. The Kier molecular flexibility index (Phi) is 12.9. The molecule has 5 aliphatic heterocycles. The van der Waals surface area contributed by atoms with E-state index in [-0.39, 0.29) is 71.6 Å². The highest BCUT2D eigenvalue weighted by Gasteiger charge is 2.88. The maximum Gasteiger partial charge on any atom is 0.239 e. The zero-order valence-electron chi connectivity index (χ0n) is 36.2. The summed E-state index contributed by atoms with van der Waals surface area (Å²) in [5.74, 6) is 3.89. The van der Waals surface area contributed by atoms with Crippen molar-refractivity contribution < 1.29 is 43.5 Å². The van der Waals surface area contributed by atoms with Crippen LogP contribution in [0.1, 0.15) is 127 Å². The number of hydrogen-bond donors (Lipinski definition) is 5. The summed E-state index contributed by atoms with van der Waals surface area (Å²) in [6, 6.07) is 0. The number of terminal acetylenes is 1. The van der Waals surface area contributed by atoms with Crippen LogP contribution >= 0.6 is 0 Å². The Hall–Kier alpha value is -1.92. The molecule has 0 aromatic carbocycles. The van der Waals surface area contributed by atoms with E-state index in [2.05, 4.69) is 50.4 Å². The fourth-order valence-corrected chi connectivity index (χ4v) is 11.8. The first kappa shape index (κ1) is 44.6. The van der Waals surface area contributed by atoms with Crippen LogP contribution in [-0.2, 0) is 33.3 Å². The fraction of sp³-hybridized carbons (Fsp3) is 0.867. The first-order chi connectivity index (χ1) is 26.9. The number of aliphatic hydroxyl groups is 2. The van der Waals surface area contributed by atoms with Crippen LogP contribution in [-0.4, -0.2) is 93.4 Å². The van der Waals surface area contributed by atoms with Gasteiger partial charge in [-0.05, 0) is 89.5 Å². The number of nitrogens with one attached hydrogen (secondary N) is 2. The van der Waals surface area contributed by atoms with Crippen molar-refractivity contribution in [3.8, 4) is 12.3 Å². The van der Waals surface area contributed by atoms with E-state index in [9.17, 15) is 19.8 Å². The van der Waals surface area contributed by atoms with Crippen LogP contribution < -0.4 is 16.6 Å². The van der Waals surface area contributed by atoms with Gasteiger partial charge in [-0.15, -0.1) is 6.42 Å². The quantitative estimate of drug-likeness (QED) is 0.0531. The van der Waals surface area contributed by atoms with Gasteiger partial charge in [0, 0.05) is 29.6 Å². The smallest absolute Gasteiger partial charge is 0.239 e. The third-order valence-corrected chi connectivity index (χ3v) is 15.8. The van der Waals surface area contributed by atoms with Crippen LogP contribution in [0.25, 0.3) is 0 Å². The van der Waals surface area contributed by atoms with Crippen LogP contribution in [0.3, 0.4) is 0 Å². The molecule has 5 heterocycles. The molecule has 0 aromatic rings. The number of rotatable bonds is 14. The number of carbonyl (C=O) groups is 2. The molecule has 0 bridgehead atoms. The predicted molar refractivity (Wildman–Crippen MR) is 216 cm³/mol. The van der Waals surface area contributed by atoms with Crippen molar-refractivity contribution in [2.75, 3.05) is 6.54 Å². The van der Waals surface area contributed by atoms with Crippen molar-refractivity contribution in [1.82, 2.24) is 10.7 Å². The second-order valence-electron chi connectivity index (χ2n) is 19.2. The standard InChI is InChI=1S/C45H73N3O9/c1-12-22-47-43-20-21-44(57-45(43)34(43)24-41(11,56-45)35-18-19-42(52,15-4)30(10)53-35)27(7)23-26(6)39(55-44)32(14-3)37(50)28(8)36(49)29(9)38-25(5)16-17-33(54-38)31(13-2)40(51)48-46/h1,20-21,25-36,38-39,47,49,52H,13-19,22-24,46H2,2-11H3,(H,48,51)/t25-,26-,27+,28-,29-,30-,31+,32-,33+,34?,35+,36+,38+,39-,41-,42+,43-,44?,45-/m0/s1. The minimum absolute atomic E-state index is 0.0417. The number of ketones is 1. The van der Waals surface area contributed by atoms with Gasteiger partial charge >= 0.3 is 0 Å². The molecule has 1 aliphatic carbocycles. The van der Waals surface area contributed by atoms with Crippen LogP contribution in [0, 0.1) is 59.7 Å². The summed E-state index contributed by atoms with van der Waals surface area (Å²) in [5, 5.41) is 26.6. The first-order valence-corrected chi connectivity index (χ1v) is 22.1. The summed E-state index contributed by atoms with van der Waals surface area (Å²) < 4.78 is 34.7. The molecule has 0 aromatic heterocycles. The molecule has 6 rings (SSSR count). The molecule has 0 radical (unpaired) electrons. The van der Waals surface area contributed by atoms with Crippen molar-refractivity contribution in [2.24, 2.45) is 53.2 Å². The summed E-state index contributed by atoms with van der Waals surface area (Å²) in [7, 11) is 0. The monoisotopic (exact) mass is 800 g/mol. The molecule has 6 N–H and O–H groups in total. The van der Waals surface area contributed by atoms with E-state index in [0.29, 0.717) is 45.1 Å². The SMILES string of the molecule is C#CCN[C@]12C=CC3(O[C@H]([C@@H](CC)C(=O)[C@@H](C)[C@@H](O)[C@H](C)[C@@H]4O[C@@H]([C@@H](CC)C(=O)NN)CC[C@@H]4C)[C@@H](C)C[C@H]3C)O[C@]13O[C@](C)([C@H]1CC[C@](O)(CC)[C@H](C)O1)CC32. The van der Waals surface area contributed by atoms with Gasteiger partial charge in [0.25, 0.3) is 0 Å². The molecular weight excluding hydrogens is 727 g/mol. The molecule has 57 heavy (non-hydrogen) atoms. The number of amides is 1. The minimum atomic E-state index is -1.16. The lowest BCUT2D eigenvalue weighted by atomic mass is 9.72. The highest BCUT2D eigenvalue weighted by molar-refractivity contribution is 5.84. The first-order valence-electron chi connectivity index (χ1n) is 22.1. The van der Waals surface area contributed by atoms with Gasteiger partial charge in [0.2, 0.25) is 5.91 Å². The van der Waals surface area contributed by atoms with E-state index >= 15 is 0 Å². The summed E-state index contributed by atoms with van der Waals surface area (Å²) in [5.41, 5.74) is 0.130. The zero-order valence-corrected chi connectivity index (χ0v) is 36.2. The largest absolute Gasteiger partial charge is 0.392 e. The summed E-state index contributed by atoms with van der Waals surface area (Å²) >= 11 is 0. The van der Waals surface area contributed by atoms with Gasteiger partial charge < -0.3 is 33.9 Å². The number of aliphatic hydroxyl groups excluding tert-OH is 1. The average molecular weight is 800 g/mol. The maximum atomic E-state index is 14.6. The summed E-state index contributed by atoms with van der Waals surface area (Å²) in [6.07, 6.45) is 13.4. The van der Waals surface area contributed by atoms with Gasteiger partial charge in [-0.25, -0.2) is 5.84 Å². The van der Waals surface area contributed by atoms with Gasteiger partial charge in [-0.3, -0.25) is 20.3 Å². The van der Waals surface area contributed by atoms with Crippen molar-refractivity contribution in [3.05, 3.63) is 12.2 Å². The molecule has 19 atom stereocenters. The number of hydrazine groups is 1. The average Bonchev–Trinajstić information content (AvgIpc) is 3.56. The molecular formula is C45H73N3O9.